The highest BCUT2D eigenvalue weighted by Crippen LogP contribution is 2.13. The van der Waals surface area contributed by atoms with Crippen LogP contribution in [-0.2, 0) is 16.0 Å². The van der Waals surface area contributed by atoms with Gasteiger partial charge in [-0.25, -0.2) is 0 Å². The summed E-state index contributed by atoms with van der Waals surface area (Å²) in [6.07, 6.45) is 2.20. The molecule has 3 nitrogen and oxygen atoms in total. The molecule has 1 heterocycles. The largest absolute Gasteiger partial charge is 0.371 e. The zero-order chi connectivity index (χ0) is 13.7. The van der Waals surface area contributed by atoms with Gasteiger partial charge in [-0.05, 0) is 25.3 Å². The van der Waals surface area contributed by atoms with Crippen molar-refractivity contribution in [2.75, 3.05) is 19.7 Å². The topological polar surface area (TPSA) is 32.8 Å². The maximum atomic E-state index is 12.0. The Balaban J connectivity index is 1.82. The highest BCUT2D eigenvalue weighted by Gasteiger charge is 2.27. The van der Waals surface area contributed by atoms with Gasteiger partial charge in [0.1, 0.15) is 0 Å². The average molecular weight is 259 g/mol. The fraction of sp³-hybridized carbons (Fsp3) is 0.438. The maximum absolute atomic E-state index is 12.0. The molecule has 0 spiro atoms. The van der Waals surface area contributed by atoms with E-state index in [0.717, 1.165) is 26.0 Å². The fourth-order valence-corrected chi connectivity index (χ4v) is 2.08. The Hall–Kier alpha value is -1.61. The molecule has 1 aromatic rings. The van der Waals surface area contributed by atoms with Crippen molar-refractivity contribution in [3.63, 3.8) is 0 Å². The van der Waals surface area contributed by atoms with Crippen LogP contribution in [0.5, 0.6) is 0 Å². The van der Waals surface area contributed by atoms with Gasteiger partial charge in [-0.3, -0.25) is 4.79 Å². The molecule has 19 heavy (non-hydrogen) atoms. The summed E-state index contributed by atoms with van der Waals surface area (Å²) in [4.78, 5) is 13.9. The zero-order valence-corrected chi connectivity index (χ0v) is 11.5. The van der Waals surface area contributed by atoms with Crippen molar-refractivity contribution in [2.24, 2.45) is 0 Å². The highest BCUT2D eigenvalue weighted by molar-refractivity contribution is 5.92. The molecule has 0 bridgehead atoms. The third kappa shape index (κ3) is 4.52. The van der Waals surface area contributed by atoms with Crippen molar-refractivity contribution in [1.29, 1.82) is 0 Å². The summed E-state index contributed by atoms with van der Waals surface area (Å²) in [6, 6.07) is 10.4. The summed E-state index contributed by atoms with van der Waals surface area (Å²) >= 11 is 0. The lowest BCUT2D eigenvalue weighted by Gasteiger charge is -2.22. The standard InChI is InChI=1S/C16H21NO2/c1-13(2)16(18)17(11-15-12-19-15)10-6-9-14-7-4-3-5-8-14/h3-5,7-8,15H,1,6,9-12H2,2H3. The van der Waals surface area contributed by atoms with E-state index < -0.39 is 0 Å². The molecular formula is C16H21NO2. The van der Waals surface area contributed by atoms with Crippen molar-refractivity contribution in [3.8, 4) is 0 Å². The predicted octanol–water partition coefficient (Wildman–Crippen LogP) is 2.42. The van der Waals surface area contributed by atoms with Crippen LogP contribution in [0.4, 0.5) is 0 Å². The maximum Gasteiger partial charge on any atom is 0.248 e. The lowest BCUT2D eigenvalue weighted by molar-refractivity contribution is -0.127. The number of ether oxygens (including phenoxy) is 1. The molecule has 102 valence electrons. The monoisotopic (exact) mass is 259 g/mol. The Morgan fingerprint density at radius 2 is 2.11 bits per heavy atom. The number of carbonyl (C=O) groups excluding carboxylic acids is 1. The van der Waals surface area contributed by atoms with E-state index in [1.54, 1.807) is 6.92 Å². The highest BCUT2D eigenvalue weighted by atomic mass is 16.6. The van der Waals surface area contributed by atoms with Gasteiger partial charge in [0.2, 0.25) is 5.91 Å². The van der Waals surface area contributed by atoms with Gasteiger partial charge in [-0.1, -0.05) is 36.9 Å². The molecule has 3 heteroatoms. The Labute approximate surface area is 114 Å². The molecule has 1 aliphatic rings. The van der Waals surface area contributed by atoms with Crippen LogP contribution in [0.25, 0.3) is 0 Å². The number of carbonyl (C=O) groups is 1. The Bertz CT molecular complexity index is 437. The summed E-state index contributed by atoms with van der Waals surface area (Å²) < 4.78 is 5.21. The first-order chi connectivity index (χ1) is 9.16. The number of hydrogen-bond acceptors (Lipinski definition) is 2. The summed E-state index contributed by atoms with van der Waals surface area (Å²) in [5, 5.41) is 0. The van der Waals surface area contributed by atoms with Gasteiger partial charge in [0.25, 0.3) is 0 Å². The summed E-state index contributed by atoms with van der Waals surface area (Å²) in [6.45, 7) is 7.74. The number of epoxide rings is 1. The summed E-state index contributed by atoms with van der Waals surface area (Å²) in [5.41, 5.74) is 1.91. The van der Waals surface area contributed by atoms with Crippen molar-refractivity contribution >= 4 is 5.91 Å². The van der Waals surface area contributed by atoms with Gasteiger partial charge in [0.05, 0.1) is 12.7 Å². The van der Waals surface area contributed by atoms with E-state index in [2.05, 4.69) is 18.7 Å². The van der Waals surface area contributed by atoms with Crippen LogP contribution in [0.2, 0.25) is 0 Å². The summed E-state index contributed by atoms with van der Waals surface area (Å²) in [5.74, 6) is 0.0450. The fourth-order valence-electron chi connectivity index (χ4n) is 2.08. The normalized spacial score (nSPS) is 17.0. The molecule has 0 radical (unpaired) electrons. The van der Waals surface area contributed by atoms with E-state index in [1.165, 1.54) is 5.56 Å². The van der Waals surface area contributed by atoms with Crippen LogP contribution < -0.4 is 0 Å². The van der Waals surface area contributed by atoms with Gasteiger partial charge in [0.15, 0.2) is 0 Å². The smallest absolute Gasteiger partial charge is 0.248 e. The van der Waals surface area contributed by atoms with E-state index in [4.69, 9.17) is 4.74 Å². The third-order valence-electron chi connectivity index (χ3n) is 3.22. The Morgan fingerprint density at radius 3 is 2.68 bits per heavy atom. The third-order valence-corrected chi connectivity index (χ3v) is 3.22. The molecule has 2 rings (SSSR count). The minimum absolute atomic E-state index is 0.0450. The van der Waals surface area contributed by atoms with Crippen LogP contribution in [0, 0.1) is 0 Å². The molecule has 1 aliphatic heterocycles. The van der Waals surface area contributed by atoms with Crippen LogP contribution >= 0.6 is 0 Å². The molecule has 0 aliphatic carbocycles. The minimum atomic E-state index is 0.0450. The van der Waals surface area contributed by atoms with Crippen LogP contribution in [-0.4, -0.2) is 36.6 Å². The molecule has 0 aromatic heterocycles. The van der Waals surface area contributed by atoms with E-state index >= 15 is 0 Å². The molecule has 1 unspecified atom stereocenters. The second-order valence-corrected chi connectivity index (χ2v) is 5.08. The van der Waals surface area contributed by atoms with Gasteiger partial charge >= 0.3 is 0 Å². The Kier molecular flexibility index (Phi) is 4.74. The number of aryl methyl sites for hydroxylation is 1. The number of benzene rings is 1. The van der Waals surface area contributed by atoms with Gasteiger partial charge < -0.3 is 9.64 Å². The van der Waals surface area contributed by atoms with Crippen LogP contribution in [0.1, 0.15) is 18.9 Å². The zero-order valence-electron chi connectivity index (χ0n) is 11.5. The summed E-state index contributed by atoms with van der Waals surface area (Å²) in [7, 11) is 0. The number of nitrogens with zero attached hydrogens (tertiary/aromatic N) is 1. The minimum Gasteiger partial charge on any atom is -0.371 e. The van der Waals surface area contributed by atoms with Gasteiger partial charge in [0, 0.05) is 18.7 Å². The molecule has 1 fully saturated rings. The first-order valence-electron chi connectivity index (χ1n) is 6.77. The van der Waals surface area contributed by atoms with Crippen molar-refractivity contribution in [1.82, 2.24) is 4.90 Å². The van der Waals surface area contributed by atoms with Crippen LogP contribution in [0.15, 0.2) is 42.5 Å². The van der Waals surface area contributed by atoms with Gasteiger partial charge in [-0.15, -0.1) is 0 Å². The average Bonchev–Trinajstić information content (AvgIpc) is 3.22. The molecule has 1 atom stereocenters. The van der Waals surface area contributed by atoms with E-state index in [-0.39, 0.29) is 12.0 Å². The molecule has 1 saturated heterocycles. The SMILES string of the molecule is C=C(C)C(=O)N(CCCc1ccccc1)CC1CO1. The molecule has 1 amide bonds. The first kappa shape index (κ1) is 13.8. The Morgan fingerprint density at radius 1 is 1.42 bits per heavy atom. The number of hydrogen-bond donors (Lipinski definition) is 0. The van der Waals surface area contributed by atoms with Crippen molar-refractivity contribution in [2.45, 2.75) is 25.9 Å². The predicted molar refractivity (Wildman–Crippen MR) is 75.9 cm³/mol. The van der Waals surface area contributed by atoms with Gasteiger partial charge in [-0.2, -0.15) is 0 Å². The molecule has 0 N–H and O–H groups in total. The number of amides is 1. The van der Waals surface area contributed by atoms with E-state index in [9.17, 15) is 4.79 Å². The lowest BCUT2D eigenvalue weighted by atomic mass is 10.1. The first-order valence-corrected chi connectivity index (χ1v) is 6.77. The molecular weight excluding hydrogens is 238 g/mol. The lowest BCUT2D eigenvalue weighted by Crippen LogP contribution is -2.35. The molecule has 0 saturated carbocycles. The van der Waals surface area contributed by atoms with E-state index in [1.807, 2.05) is 23.1 Å². The van der Waals surface area contributed by atoms with E-state index in [0.29, 0.717) is 12.1 Å². The van der Waals surface area contributed by atoms with Crippen LogP contribution in [0.3, 0.4) is 0 Å². The van der Waals surface area contributed by atoms with Crippen molar-refractivity contribution in [3.05, 3.63) is 48.0 Å². The second kappa shape index (κ2) is 6.53. The second-order valence-electron chi connectivity index (χ2n) is 5.08. The quantitative estimate of drug-likeness (QED) is 0.556. The van der Waals surface area contributed by atoms with Crippen molar-refractivity contribution < 1.29 is 9.53 Å². The number of rotatable bonds is 7. The molecule has 1 aromatic carbocycles.